The van der Waals surface area contributed by atoms with E-state index in [0.29, 0.717) is 5.71 Å². The van der Waals surface area contributed by atoms with Gasteiger partial charge in [-0.05, 0) is 31.7 Å². The molecule has 0 amide bonds. The van der Waals surface area contributed by atoms with Gasteiger partial charge in [-0.1, -0.05) is 35.5 Å². The lowest BCUT2D eigenvalue weighted by atomic mass is 10.0. The minimum Gasteiger partial charge on any atom is -0.385 e. The molecule has 0 unspecified atom stereocenters. The lowest BCUT2D eigenvalue weighted by Gasteiger charge is -2.20. The Morgan fingerprint density at radius 2 is 2.00 bits per heavy atom. The molecule has 6 nitrogen and oxygen atoms in total. The van der Waals surface area contributed by atoms with Gasteiger partial charge in [0.25, 0.3) is 5.71 Å². The average Bonchev–Trinajstić information content (AvgIpc) is 3.00. The van der Waals surface area contributed by atoms with Gasteiger partial charge in [-0.25, -0.2) is 4.98 Å². The van der Waals surface area contributed by atoms with Crippen LogP contribution in [0, 0.1) is 6.92 Å². The second-order valence-electron chi connectivity index (χ2n) is 5.77. The predicted molar refractivity (Wildman–Crippen MR) is 92.9 cm³/mol. The number of anilines is 1. The number of aromatic nitrogens is 3. The van der Waals surface area contributed by atoms with E-state index >= 15 is 0 Å². The second kappa shape index (κ2) is 7.88. The summed E-state index contributed by atoms with van der Waals surface area (Å²) in [6.45, 7) is 2.68. The molecule has 2 aromatic heterocycles. The number of hydrogen-bond donors (Lipinski definition) is 1. The summed E-state index contributed by atoms with van der Waals surface area (Å²) in [7, 11) is 1.74. The van der Waals surface area contributed by atoms with Crippen LogP contribution in [0.25, 0.3) is 11.1 Å². The van der Waals surface area contributed by atoms with Crippen LogP contribution < -0.4 is 5.32 Å². The maximum atomic E-state index is 5.23. The van der Waals surface area contributed by atoms with Gasteiger partial charge in [0, 0.05) is 13.7 Å². The highest BCUT2D eigenvalue weighted by Crippen LogP contribution is 2.28. The summed E-state index contributed by atoms with van der Waals surface area (Å²) in [4.78, 5) is 8.54. The molecule has 0 spiro atoms. The molecule has 0 bridgehead atoms. The standard InChI is InChI=1S/C18H22N4O2/c1-13-16-17(19-12-20-18(16)24-22-13)21-15(10-6-7-11-23-2)14-8-4-3-5-9-14/h3-5,8-9,12,15H,6-7,10-11H2,1-2H3,(H,19,20,21)/t15-/m1/s1. The van der Waals surface area contributed by atoms with E-state index in [1.165, 1.54) is 11.9 Å². The highest BCUT2D eigenvalue weighted by molar-refractivity contribution is 5.87. The van der Waals surface area contributed by atoms with Crippen molar-refractivity contribution in [1.82, 2.24) is 15.1 Å². The van der Waals surface area contributed by atoms with E-state index in [-0.39, 0.29) is 6.04 Å². The first-order chi connectivity index (χ1) is 11.8. The minimum absolute atomic E-state index is 0.162. The molecule has 3 rings (SSSR count). The Balaban J connectivity index is 1.83. The van der Waals surface area contributed by atoms with Gasteiger partial charge in [0.05, 0.1) is 11.7 Å². The summed E-state index contributed by atoms with van der Waals surface area (Å²) in [6, 6.07) is 10.6. The molecule has 6 heteroatoms. The Bertz CT molecular complexity index is 773. The number of rotatable bonds is 8. The van der Waals surface area contributed by atoms with Crippen LogP contribution in [0.4, 0.5) is 5.82 Å². The first-order valence-corrected chi connectivity index (χ1v) is 8.17. The van der Waals surface area contributed by atoms with E-state index < -0.39 is 0 Å². The van der Waals surface area contributed by atoms with Crippen LogP contribution in [0.2, 0.25) is 0 Å². The third-order valence-electron chi connectivity index (χ3n) is 4.05. The smallest absolute Gasteiger partial charge is 0.263 e. The minimum atomic E-state index is 0.162. The largest absolute Gasteiger partial charge is 0.385 e. The van der Waals surface area contributed by atoms with Crippen LogP contribution >= 0.6 is 0 Å². The Hall–Kier alpha value is -2.47. The van der Waals surface area contributed by atoms with Crippen molar-refractivity contribution in [2.45, 2.75) is 32.2 Å². The van der Waals surface area contributed by atoms with Crippen molar-refractivity contribution in [3.05, 3.63) is 47.9 Å². The quantitative estimate of drug-likeness (QED) is 0.633. The fraction of sp³-hybridized carbons (Fsp3) is 0.389. The number of ether oxygens (including phenoxy) is 1. The third kappa shape index (κ3) is 3.71. The zero-order valence-electron chi connectivity index (χ0n) is 14.0. The van der Waals surface area contributed by atoms with Gasteiger partial charge in [0.15, 0.2) is 0 Å². The molecule has 0 radical (unpaired) electrons. The number of hydrogen-bond acceptors (Lipinski definition) is 6. The lowest BCUT2D eigenvalue weighted by molar-refractivity contribution is 0.191. The van der Waals surface area contributed by atoms with Crippen LogP contribution in [-0.4, -0.2) is 28.8 Å². The molecular weight excluding hydrogens is 304 g/mol. The van der Waals surface area contributed by atoms with E-state index in [1.807, 2.05) is 13.0 Å². The molecule has 24 heavy (non-hydrogen) atoms. The van der Waals surface area contributed by atoms with Crippen LogP contribution in [0.3, 0.4) is 0 Å². The summed E-state index contributed by atoms with van der Waals surface area (Å²) in [6.07, 6.45) is 4.59. The number of unbranched alkanes of at least 4 members (excludes halogenated alkanes) is 1. The fourth-order valence-corrected chi connectivity index (χ4v) is 2.80. The first kappa shape index (κ1) is 16.4. The van der Waals surface area contributed by atoms with Crippen LogP contribution in [-0.2, 0) is 4.74 Å². The normalized spacial score (nSPS) is 12.4. The van der Waals surface area contributed by atoms with Crippen molar-refractivity contribution in [2.24, 2.45) is 0 Å². The van der Waals surface area contributed by atoms with Crippen LogP contribution in [0.15, 0.2) is 41.2 Å². The van der Waals surface area contributed by atoms with Gasteiger partial charge < -0.3 is 14.6 Å². The van der Waals surface area contributed by atoms with E-state index in [2.05, 4.69) is 44.7 Å². The molecule has 2 heterocycles. The Morgan fingerprint density at radius 1 is 1.17 bits per heavy atom. The van der Waals surface area contributed by atoms with Gasteiger partial charge in [0.2, 0.25) is 0 Å². The molecule has 0 saturated heterocycles. The molecule has 1 atom stereocenters. The van der Waals surface area contributed by atoms with Crippen molar-refractivity contribution < 1.29 is 9.26 Å². The molecule has 3 aromatic rings. The SMILES string of the molecule is COCCCC[C@@H](Nc1ncnc2onc(C)c12)c1ccccc1. The molecule has 0 saturated carbocycles. The molecular formula is C18H22N4O2. The van der Waals surface area contributed by atoms with E-state index in [0.717, 1.165) is 42.8 Å². The van der Waals surface area contributed by atoms with Gasteiger partial charge in [-0.3, -0.25) is 0 Å². The van der Waals surface area contributed by atoms with Crippen LogP contribution in [0.5, 0.6) is 0 Å². The molecule has 0 fully saturated rings. The molecule has 0 aliphatic heterocycles. The highest BCUT2D eigenvalue weighted by Gasteiger charge is 2.17. The summed E-state index contributed by atoms with van der Waals surface area (Å²) in [5.74, 6) is 0.763. The van der Waals surface area contributed by atoms with Crippen molar-refractivity contribution >= 4 is 16.9 Å². The molecule has 1 aromatic carbocycles. The fourth-order valence-electron chi connectivity index (χ4n) is 2.80. The molecule has 0 aliphatic carbocycles. The van der Waals surface area contributed by atoms with E-state index in [1.54, 1.807) is 7.11 Å². The highest BCUT2D eigenvalue weighted by atomic mass is 16.5. The topological polar surface area (TPSA) is 73.1 Å². The van der Waals surface area contributed by atoms with Crippen LogP contribution in [0.1, 0.15) is 36.6 Å². The number of aryl methyl sites for hydroxylation is 1. The average molecular weight is 326 g/mol. The van der Waals surface area contributed by atoms with Crippen molar-refractivity contribution in [3.63, 3.8) is 0 Å². The van der Waals surface area contributed by atoms with Gasteiger partial charge in [0.1, 0.15) is 17.5 Å². The molecule has 126 valence electrons. The number of nitrogens with one attached hydrogen (secondary N) is 1. The van der Waals surface area contributed by atoms with Gasteiger partial charge >= 0.3 is 0 Å². The lowest BCUT2D eigenvalue weighted by Crippen LogP contribution is -2.12. The zero-order valence-corrected chi connectivity index (χ0v) is 14.0. The summed E-state index contributed by atoms with van der Waals surface area (Å²) in [5.41, 5.74) is 2.53. The Morgan fingerprint density at radius 3 is 2.79 bits per heavy atom. The second-order valence-corrected chi connectivity index (χ2v) is 5.77. The van der Waals surface area contributed by atoms with Crippen molar-refractivity contribution in [1.29, 1.82) is 0 Å². The number of fused-ring (bicyclic) bond motifs is 1. The third-order valence-corrected chi connectivity index (χ3v) is 4.05. The number of benzene rings is 1. The number of nitrogens with zero attached hydrogens (tertiary/aromatic N) is 3. The maximum absolute atomic E-state index is 5.23. The monoisotopic (exact) mass is 326 g/mol. The number of methoxy groups -OCH3 is 1. The van der Waals surface area contributed by atoms with Gasteiger partial charge in [-0.2, -0.15) is 4.98 Å². The zero-order chi connectivity index (χ0) is 16.8. The maximum Gasteiger partial charge on any atom is 0.263 e. The van der Waals surface area contributed by atoms with Crippen molar-refractivity contribution in [2.75, 3.05) is 19.0 Å². The van der Waals surface area contributed by atoms with Gasteiger partial charge in [-0.15, -0.1) is 0 Å². The van der Waals surface area contributed by atoms with Crippen molar-refractivity contribution in [3.8, 4) is 0 Å². The molecule has 0 aliphatic rings. The predicted octanol–water partition coefficient (Wildman–Crippen LogP) is 3.90. The summed E-state index contributed by atoms with van der Waals surface area (Å²) < 4.78 is 10.4. The first-order valence-electron chi connectivity index (χ1n) is 8.17. The van der Waals surface area contributed by atoms with E-state index in [9.17, 15) is 0 Å². The summed E-state index contributed by atoms with van der Waals surface area (Å²) >= 11 is 0. The summed E-state index contributed by atoms with van der Waals surface area (Å²) in [5, 5.41) is 8.38. The Kier molecular flexibility index (Phi) is 5.38. The van der Waals surface area contributed by atoms with E-state index in [4.69, 9.17) is 9.26 Å². The Labute approximate surface area is 141 Å². The molecule has 1 N–H and O–H groups in total.